The van der Waals surface area contributed by atoms with Crippen LogP contribution in [0.25, 0.3) is 22.6 Å². The number of benzene rings is 2. The molecule has 0 saturated carbocycles. The summed E-state index contributed by atoms with van der Waals surface area (Å²) < 4.78 is 5.30. The Morgan fingerprint density at radius 2 is 1.78 bits per heavy atom. The molecule has 1 aliphatic carbocycles. The minimum atomic E-state index is 0.126. The fraction of sp³-hybridized carbons (Fsp3) is 0.258. The Hall–Kier alpha value is -4.03. The molecular weight excluding hydrogens is 460 g/mol. The molecule has 2 aliphatic rings. The SMILES string of the molecule is COc1ccc(/C=C2/CCc3c2nc2ccccc2c3C(=O)N2CCN(Cc3cccnc3)CC2)cc1. The van der Waals surface area contributed by atoms with E-state index in [0.717, 1.165) is 84.6 Å². The van der Waals surface area contributed by atoms with Gasteiger partial charge in [-0.25, -0.2) is 4.98 Å². The monoisotopic (exact) mass is 490 g/mol. The van der Waals surface area contributed by atoms with Crippen LogP contribution in [-0.2, 0) is 13.0 Å². The third-order valence-corrected chi connectivity index (χ3v) is 7.40. The van der Waals surface area contributed by atoms with Gasteiger partial charge >= 0.3 is 0 Å². The lowest BCUT2D eigenvalue weighted by atomic mass is 9.99. The maximum Gasteiger partial charge on any atom is 0.254 e. The molecule has 0 unspecified atom stereocenters. The molecule has 4 aromatic rings. The van der Waals surface area contributed by atoms with Gasteiger partial charge in [-0.3, -0.25) is 14.7 Å². The van der Waals surface area contributed by atoms with Crippen molar-refractivity contribution in [3.05, 3.63) is 101 Å². The van der Waals surface area contributed by atoms with Gasteiger partial charge in [-0.05, 0) is 65.4 Å². The van der Waals surface area contributed by atoms with Crippen molar-refractivity contribution in [3.8, 4) is 5.75 Å². The lowest BCUT2D eigenvalue weighted by molar-refractivity contribution is 0.0629. The van der Waals surface area contributed by atoms with Crippen LogP contribution in [0.2, 0.25) is 0 Å². The lowest BCUT2D eigenvalue weighted by Crippen LogP contribution is -2.48. The van der Waals surface area contributed by atoms with Gasteiger partial charge < -0.3 is 9.64 Å². The highest BCUT2D eigenvalue weighted by atomic mass is 16.5. The predicted molar refractivity (Wildman–Crippen MR) is 146 cm³/mol. The summed E-state index contributed by atoms with van der Waals surface area (Å²) in [6, 6.07) is 20.2. The molecule has 6 nitrogen and oxygen atoms in total. The fourth-order valence-corrected chi connectivity index (χ4v) is 5.44. The fourth-order valence-electron chi connectivity index (χ4n) is 5.44. The number of amides is 1. The summed E-state index contributed by atoms with van der Waals surface area (Å²) in [5, 5.41) is 0.953. The number of pyridine rings is 2. The molecule has 2 aromatic heterocycles. The number of fused-ring (bicyclic) bond motifs is 2. The van der Waals surface area contributed by atoms with Crippen LogP contribution in [0.15, 0.2) is 73.1 Å². The average Bonchev–Trinajstić information content (AvgIpc) is 3.34. The van der Waals surface area contributed by atoms with Crippen LogP contribution in [0.1, 0.15) is 39.2 Å². The smallest absolute Gasteiger partial charge is 0.254 e. The number of rotatable bonds is 5. The molecule has 1 amide bonds. The highest BCUT2D eigenvalue weighted by Crippen LogP contribution is 2.38. The van der Waals surface area contributed by atoms with Gasteiger partial charge in [0.15, 0.2) is 0 Å². The summed E-state index contributed by atoms with van der Waals surface area (Å²) in [6.45, 7) is 4.02. The molecule has 1 aliphatic heterocycles. The Kier molecular flexibility index (Phi) is 6.41. The molecule has 0 spiro atoms. The molecule has 2 aromatic carbocycles. The van der Waals surface area contributed by atoms with Crippen LogP contribution in [0.5, 0.6) is 5.75 Å². The van der Waals surface area contributed by atoms with Gasteiger partial charge in [0, 0.05) is 50.5 Å². The molecular formula is C31H30N4O2. The van der Waals surface area contributed by atoms with E-state index in [0.29, 0.717) is 0 Å². The molecule has 6 rings (SSSR count). The Morgan fingerprint density at radius 3 is 2.54 bits per heavy atom. The van der Waals surface area contributed by atoms with Crippen molar-refractivity contribution < 1.29 is 9.53 Å². The largest absolute Gasteiger partial charge is 0.497 e. The van der Waals surface area contributed by atoms with Crippen LogP contribution in [-0.4, -0.2) is 59.0 Å². The minimum Gasteiger partial charge on any atom is -0.497 e. The van der Waals surface area contributed by atoms with Crippen LogP contribution in [0, 0.1) is 0 Å². The Bertz CT molecular complexity index is 1460. The van der Waals surface area contributed by atoms with Gasteiger partial charge in [0.2, 0.25) is 0 Å². The van der Waals surface area contributed by atoms with Gasteiger partial charge in [-0.2, -0.15) is 0 Å². The molecule has 186 valence electrons. The highest BCUT2D eigenvalue weighted by Gasteiger charge is 2.30. The molecule has 6 heteroatoms. The first kappa shape index (κ1) is 23.4. The van der Waals surface area contributed by atoms with E-state index in [1.165, 1.54) is 11.1 Å². The number of nitrogens with zero attached hydrogens (tertiary/aromatic N) is 4. The summed E-state index contributed by atoms with van der Waals surface area (Å²) in [7, 11) is 1.68. The molecule has 37 heavy (non-hydrogen) atoms. The van der Waals surface area contributed by atoms with Crippen LogP contribution in [0.4, 0.5) is 0 Å². The van der Waals surface area contributed by atoms with E-state index in [-0.39, 0.29) is 5.91 Å². The van der Waals surface area contributed by atoms with E-state index in [9.17, 15) is 4.79 Å². The van der Waals surface area contributed by atoms with Crippen LogP contribution >= 0.6 is 0 Å². The van der Waals surface area contributed by atoms with Gasteiger partial charge in [-0.1, -0.05) is 36.4 Å². The first-order valence-corrected chi connectivity index (χ1v) is 12.9. The molecule has 0 atom stereocenters. The first-order chi connectivity index (χ1) is 18.2. The zero-order valence-electron chi connectivity index (χ0n) is 21.1. The minimum absolute atomic E-state index is 0.126. The molecule has 3 heterocycles. The van der Waals surface area contributed by atoms with Crippen molar-refractivity contribution in [2.24, 2.45) is 0 Å². The second kappa shape index (κ2) is 10.1. The van der Waals surface area contributed by atoms with Crippen molar-refractivity contribution in [1.82, 2.24) is 19.8 Å². The highest BCUT2D eigenvalue weighted by molar-refractivity contribution is 6.09. The quantitative estimate of drug-likeness (QED) is 0.390. The zero-order valence-corrected chi connectivity index (χ0v) is 21.1. The molecule has 0 radical (unpaired) electrons. The molecule has 0 N–H and O–H groups in total. The summed E-state index contributed by atoms with van der Waals surface area (Å²) in [5.74, 6) is 0.966. The topological polar surface area (TPSA) is 58.6 Å². The van der Waals surface area contributed by atoms with Gasteiger partial charge in [-0.15, -0.1) is 0 Å². The number of hydrogen-bond donors (Lipinski definition) is 0. The second-order valence-electron chi connectivity index (χ2n) is 9.70. The number of allylic oxidation sites excluding steroid dienone is 1. The van der Waals surface area contributed by atoms with E-state index in [1.807, 2.05) is 53.6 Å². The van der Waals surface area contributed by atoms with Crippen molar-refractivity contribution in [1.29, 1.82) is 0 Å². The van der Waals surface area contributed by atoms with Crippen molar-refractivity contribution in [3.63, 3.8) is 0 Å². The molecule has 1 saturated heterocycles. The molecule has 1 fully saturated rings. The van der Waals surface area contributed by atoms with E-state index in [2.05, 4.69) is 34.2 Å². The van der Waals surface area contributed by atoms with E-state index in [1.54, 1.807) is 13.3 Å². The normalized spacial score (nSPS) is 16.8. The third-order valence-electron chi connectivity index (χ3n) is 7.40. The number of carbonyl (C=O) groups is 1. The summed E-state index contributed by atoms with van der Waals surface area (Å²) >= 11 is 0. The standard InChI is InChI=1S/C31H30N4O2/c1-37-25-11-8-22(9-12-25)19-24-10-13-27-29(26-6-2-3-7-28(26)33-30(24)27)31(36)35-17-15-34(16-18-35)21-23-5-4-14-32-20-23/h2-9,11-12,14,19-20H,10,13,15-18,21H2,1H3/b24-19-. The van der Waals surface area contributed by atoms with Gasteiger partial charge in [0.05, 0.1) is 23.9 Å². The number of piperazine rings is 1. The Morgan fingerprint density at radius 1 is 0.973 bits per heavy atom. The zero-order chi connectivity index (χ0) is 25.2. The Labute approximate surface area is 217 Å². The number of para-hydroxylation sites is 1. The van der Waals surface area contributed by atoms with Gasteiger partial charge in [0.25, 0.3) is 5.91 Å². The summed E-state index contributed by atoms with van der Waals surface area (Å²) in [4.78, 5) is 27.7. The maximum absolute atomic E-state index is 14.0. The van der Waals surface area contributed by atoms with E-state index < -0.39 is 0 Å². The Balaban J connectivity index is 1.29. The van der Waals surface area contributed by atoms with Crippen molar-refractivity contribution in [2.45, 2.75) is 19.4 Å². The third kappa shape index (κ3) is 4.72. The number of methoxy groups -OCH3 is 1. The van der Waals surface area contributed by atoms with Crippen molar-refractivity contribution in [2.75, 3.05) is 33.3 Å². The van der Waals surface area contributed by atoms with E-state index in [4.69, 9.17) is 9.72 Å². The van der Waals surface area contributed by atoms with Crippen molar-refractivity contribution >= 4 is 28.5 Å². The lowest BCUT2D eigenvalue weighted by Gasteiger charge is -2.35. The number of aromatic nitrogens is 2. The van der Waals surface area contributed by atoms with E-state index >= 15 is 0 Å². The average molecular weight is 491 g/mol. The molecule has 0 bridgehead atoms. The predicted octanol–water partition coefficient (Wildman–Crippen LogP) is 5.08. The number of ether oxygens (including phenoxy) is 1. The van der Waals surface area contributed by atoms with Crippen LogP contribution < -0.4 is 4.74 Å². The summed E-state index contributed by atoms with van der Waals surface area (Å²) in [5.41, 5.74) is 7.25. The number of carbonyl (C=O) groups excluding carboxylic acids is 1. The second-order valence-corrected chi connectivity index (χ2v) is 9.70. The summed E-state index contributed by atoms with van der Waals surface area (Å²) in [6.07, 6.45) is 7.62. The first-order valence-electron chi connectivity index (χ1n) is 12.9. The van der Waals surface area contributed by atoms with Gasteiger partial charge in [0.1, 0.15) is 5.75 Å². The van der Waals surface area contributed by atoms with Crippen LogP contribution in [0.3, 0.4) is 0 Å². The maximum atomic E-state index is 14.0. The number of hydrogen-bond acceptors (Lipinski definition) is 5.